The third-order valence-corrected chi connectivity index (χ3v) is 14.5. The van der Waals surface area contributed by atoms with Crippen molar-refractivity contribution in [1.82, 2.24) is 0 Å². The zero-order chi connectivity index (χ0) is 53.7. The van der Waals surface area contributed by atoms with Crippen LogP contribution in [0.4, 0.5) is 34.1 Å². The van der Waals surface area contributed by atoms with Crippen molar-refractivity contribution in [3.63, 3.8) is 0 Å². The fourth-order valence-corrected chi connectivity index (χ4v) is 10.3. The Balaban J connectivity index is 0.834. The molecular formula is C78H58N2. The molecule has 0 fully saturated rings. The van der Waals surface area contributed by atoms with Gasteiger partial charge in [0, 0.05) is 34.1 Å². The predicted octanol–water partition coefficient (Wildman–Crippen LogP) is 21.8. The van der Waals surface area contributed by atoms with Crippen molar-refractivity contribution in [2.24, 2.45) is 0 Å². The van der Waals surface area contributed by atoms with E-state index in [9.17, 15) is 0 Å². The molecule has 0 radical (unpaired) electrons. The third kappa shape index (κ3) is 12.0. The van der Waals surface area contributed by atoms with Gasteiger partial charge in [0.05, 0.1) is 0 Å². The Labute approximate surface area is 470 Å². The molecule has 12 aromatic rings. The van der Waals surface area contributed by atoms with E-state index in [1.54, 1.807) is 0 Å². The second kappa shape index (κ2) is 24.2. The maximum atomic E-state index is 2.34. The maximum absolute atomic E-state index is 2.34. The molecule has 12 rings (SSSR count). The van der Waals surface area contributed by atoms with Gasteiger partial charge in [-0.1, -0.05) is 279 Å². The summed E-state index contributed by atoms with van der Waals surface area (Å²) >= 11 is 0. The summed E-state index contributed by atoms with van der Waals surface area (Å²) < 4.78 is 0. The van der Waals surface area contributed by atoms with Gasteiger partial charge < -0.3 is 9.80 Å². The molecule has 2 heteroatoms. The Morgan fingerprint density at radius 2 is 0.362 bits per heavy atom. The second-order valence-electron chi connectivity index (χ2n) is 19.8. The molecule has 12 aromatic carbocycles. The van der Waals surface area contributed by atoms with E-state index in [2.05, 4.69) is 337 Å². The molecule has 0 aliphatic rings. The molecule has 0 saturated carbocycles. The van der Waals surface area contributed by atoms with Crippen LogP contribution in [0.3, 0.4) is 0 Å². The zero-order valence-corrected chi connectivity index (χ0v) is 44.4. The number of nitrogens with zero attached hydrogens (tertiary/aromatic N) is 2. The summed E-state index contributed by atoms with van der Waals surface area (Å²) in [4.78, 5) is 4.68. The first-order valence-electron chi connectivity index (χ1n) is 27.3. The molecule has 0 aliphatic heterocycles. The Morgan fingerprint density at radius 1 is 0.163 bits per heavy atom. The Hall–Kier alpha value is -10.5. The maximum Gasteiger partial charge on any atom is 0.0462 e. The summed E-state index contributed by atoms with van der Waals surface area (Å²) in [5.74, 6) is 0. The van der Waals surface area contributed by atoms with Crippen LogP contribution < -0.4 is 9.80 Å². The molecule has 2 nitrogen and oxygen atoms in total. The van der Waals surface area contributed by atoms with Crippen molar-refractivity contribution in [2.75, 3.05) is 9.80 Å². The normalized spacial score (nSPS) is 11.6. The van der Waals surface area contributed by atoms with Crippen LogP contribution in [0.5, 0.6) is 0 Å². The van der Waals surface area contributed by atoms with E-state index >= 15 is 0 Å². The van der Waals surface area contributed by atoms with E-state index < -0.39 is 0 Å². The van der Waals surface area contributed by atoms with Crippen LogP contribution in [0.2, 0.25) is 0 Å². The van der Waals surface area contributed by atoms with Crippen molar-refractivity contribution in [1.29, 1.82) is 0 Å². The van der Waals surface area contributed by atoms with Crippen LogP contribution in [0.1, 0.15) is 44.5 Å². The summed E-state index contributed by atoms with van der Waals surface area (Å²) in [6.45, 7) is 0. The molecule has 0 bridgehead atoms. The van der Waals surface area contributed by atoms with Crippen LogP contribution in [-0.2, 0) is 0 Å². The molecule has 380 valence electrons. The van der Waals surface area contributed by atoms with Gasteiger partial charge in [-0.25, -0.2) is 0 Å². The highest BCUT2D eigenvalue weighted by Gasteiger charge is 2.17. The number of benzene rings is 12. The first kappa shape index (κ1) is 50.3. The summed E-state index contributed by atoms with van der Waals surface area (Å²) in [6, 6.07) is 108. The fraction of sp³-hybridized carbons (Fsp3) is 0. The molecule has 80 heavy (non-hydrogen) atoms. The first-order chi connectivity index (χ1) is 39.6. The van der Waals surface area contributed by atoms with Gasteiger partial charge in [-0.15, -0.1) is 0 Å². The van der Waals surface area contributed by atoms with Crippen LogP contribution in [0.15, 0.2) is 303 Å². The van der Waals surface area contributed by atoms with Crippen molar-refractivity contribution in [3.8, 4) is 22.3 Å². The van der Waals surface area contributed by atoms with E-state index in [1.807, 2.05) is 24.3 Å². The molecule has 0 unspecified atom stereocenters. The number of hydrogen-bond acceptors (Lipinski definition) is 2. The minimum absolute atomic E-state index is 1.08. The summed E-state index contributed by atoms with van der Waals surface area (Å²) in [5.41, 5.74) is 20.5. The van der Waals surface area contributed by atoms with Crippen LogP contribution in [-0.4, -0.2) is 0 Å². The van der Waals surface area contributed by atoms with Gasteiger partial charge in [-0.05, 0) is 150 Å². The van der Waals surface area contributed by atoms with E-state index in [0.29, 0.717) is 0 Å². The molecule has 0 amide bonds. The molecule has 0 N–H and O–H groups in total. The molecule has 0 spiro atoms. The summed E-state index contributed by atoms with van der Waals surface area (Å²) in [6.07, 6.45) is 17.3. The highest BCUT2D eigenvalue weighted by molar-refractivity contribution is 6.05. The van der Waals surface area contributed by atoms with Crippen LogP contribution in [0.25, 0.3) is 81.6 Å². The van der Waals surface area contributed by atoms with Gasteiger partial charge >= 0.3 is 0 Å². The van der Waals surface area contributed by atoms with Crippen molar-refractivity contribution >= 4 is 93.5 Å². The summed E-state index contributed by atoms with van der Waals surface area (Å²) in [7, 11) is 0. The molecule has 0 aliphatic carbocycles. The monoisotopic (exact) mass is 1020 g/mol. The number of anilines is 6. The Kier molecular flexibility index (Phi) is 15.2. The van der Waals surface area contributed by atoms with Gasteiger partial charge in [-0.3, -0.25) is 0 Å². The average Bonchev–Trinajstić information content (AvgIpc) is 3.56. The van der Waals surface area contributed by atoms with Crippen molar-refractivity contribution in [2.45, 2.75) is 0 Å². The predicted molar refractivity (Wildman–Crippen MR) is 346 cm³/mol. The second-order valence-corrected chi connectivity index (χ2v) is 19.8. The van der Waals surface area contributed by atoms with Gasteiger partial charge in [0.2, 0.25) is 0 Å². The van der Waals surface area contributed by atoms with E-state index in [4.69, 9.17) is 0 Å². The number of hydrogen-bond donors (Lipinski definition) is 0. The first-order valence-corrected chi connectivity index (χ1v) is 27.3. The standard InChI is InChI=1S/C78H58N2/c1-5-15-59(16-6-1)27-31-63-35-47-69(48-36-63)79(70-49-37-64(38-50-70)32-28-60-17-7-2-8-18-60)73-55-43-67(44-56-73)75-23-13-26-78-76(24-14-25-77(75)78)68-45-57-74(58-46-68)80(71-51-39-65(40-52-71)33-29-61-19-9-3-10-20-61)72-53-41-66(42-54-72)34-30-62-21-11-4-12-22-62/h1-58H. The van der Waals surface area contributed by atoms with Crippen LogP contribution in [0, 0.1) is 0 Å². The Bertz CT molecular complexity index is 3610. The minimum Gasteiger partial charge on any atom is -0.311 e. The molecule has 0 heterocycles. The highest BCUT2D eigenvalue weighted by Crippen LogP contribution is 2.41. The minimum atomic E-state index is 1.08. The number of rotatable bonds is 16. The number of fused-ring (bicyclic) bond motifs is 1. The van der Waals surface area contributed by atoms with Crippen LogP contribution >= 0.6 is 0 Å². The molecular weight excluding hydrogens is 965 g/mol. The third-order valence-electron chi connectivity index (χ3n) is 14.5. The average molecular weight is 1020 g/mol. The molecule has 0 aromatic heterocycles. The van der Waals surface area contributed by atoms with E-state index in [1.165, 1.54) is 44.2 Å². The van der Waals surface area contributed by atoms with Gasteiger partial charge in [0.15, 0.2) is 0 Å². The Morgan fingerprint density at radius 3 is 0.588 bits per heavy atom. The van der Waals surface area contributed by atoms with Gasteiger partial charge in [-0.2, -0.15) is 0 Å². The SMILES string of the molecule is C(=Cc1ccc(N(c2ccc(C=Cc3ccccc3)cc2)c2ccc(-c3cccc4c(-c5ccc(N(c6ccc(C=Cc7ccccc7)cc6)c6ccc(C=Cc7ccccc7)cc6)cc5)cccc34)cc2)cc1)c1ccccc1. The van der Waals surface area contributed by atoms with Gasteiger partial charge in [0.1, 0.15) is 0 Å². The topological polar surface area (TPSA) is 6.48 Å². The van der Waals surface area contributed by atoms with E-state index in [0.717, 1.165) is 67.5 Å². The smallest absolute Gasteiger partial charge is 0.0462 e. The van der Waals surface area contributed by atoms with E-state index in [-0.39, 0.29) is 0 Å². The van der Waals surface area contributed by atoms with Gasteiger partial charge in [0.25, 0.3) is 0 Å². The molecule has 0 saturated heterocycles. The largest absolute Gasteiger partial charge is 0.311 e. The lowest BCUT2D eigenvalue weighted by atomic mass is 9.92. The van der Waals surface area contributed by atoms with Crippen molar-refractivity contribution < 1.29 is 0 Å². The lowest BCUT2D eigenvalue weighted by Crippen LogP contribution is -2.09. The fourth-order valence-electron chi connectivity index (χ4n) is 10.3. The lowest BCUT2D eigenvalue weighted by Gasteiger charge is -2.26. The lowest BCUT2D eigenvalue weighted by molar-refractivity contribution is 1.28. The zero-order valence-electron chi connectivity index (χ0n) is 44.4. The molecule has 0 atom stereocenters. The summed E-state index contributed by atoms with van der Waals surface area (Å²) in [5, 5.41) is 2.42. The highest BCUT2D eigenvalue weighted by atomic mass is 15.1. The van der Waals surface area contributed by atoms with Crippen molar-refractivity contribution in [3.05, 3.63) is 348 Å². The quantitative estimate of drug-likeness (QED) is 0.0890.